The maximum atomic E-state index is 6.16. The van der Waals surface area contributed by atoms with Gasteiger partial charge in [0.1, 0.15) is 12.4 Å². The molecule has 0 aliphatic rings. The minimum absolute atomic E-state index is 0.298. The van der Waals surface area contributed by atoms with Crippen molar-refractivity contribution in [2.45, 2.75) is 26.5 Å². The summed E-state index contributed by atoms with van der Waals surface area (Å²) < 4.78 is 8.11. The summed E-state index contributed by atoms with van der Waals surface area (Å²) in [7, 11) is 0. The molecule has 0 spiro atoms. The van der Waals surface area contributed by atoms with Gasteiger partial charge in [-0.15, -0.1) is 0 Å². The summed E-state index contributed by atoms with van der Waals surface area (Å²) in [5.74, 6) is 0.692. The number of nitrogens with two attached hydrogens (primary N) is 1. The highest BCUT2D eigenvalue weighted by molar-refractivity contribution is 6.32. The second-order valence-corrected chi connectivity index (χ2v) is 6.01. The van der Waals surface area contributed by atoms with Gasteiger partial charge in [0.05, 0.1) is 21.9 Å². The molecule has 2 aromatic carbocycles. The number of ether oxygens (including phenoxy) is 1. The normalized spacial score (nSPS) is 11.3. The van der Waals surface area contributed by atoms with Crippen molar-refractivity contribution < 1.29 is 4.74 Å². The predicted octanol–water partition coefficient (Wildman–Crippen LogP) is 5.04. The van der Waals surface area contributed by atoms with E-state index in [1.807, 2.05) is 36.4 Å². The van der Waals surface area contributed by atoms with Crippen molar-refractivity contribution in [2.24, 2.45) is 0 Å². The first-order chi connectivity index (χ1) is 10.6. The topological polar surface area (TPSA) is 40.2 Å². The molecule has 3 aromatic rings. The molecule has 0 unspecified atom stereocenters. The zero-order chi connectivity index (χ0) is 15.7. The smallest absolute Gasteiger partial charge is 0.138 e. The fraction of sp³-hybridized carbons (Fsp3) is 0.222. The number of nitrogen functional groups attached to an aromatic ring is 1. The van der Waals surface area contributed by atoms with Crippen LogP contribution in [0.25, 0.3) is 10.9 Å². The third-order valence-corrected chi connectivity index (χ3v) is 4.01. The molecule has 0 saturated carbocycles. The third-order valence-electron chi connectivity index (χ3n) is 3.70. The summed E-state index contributed by atoms with van der Waals surface area (Å²) in [6, 6.07) is 15.9. The van der Waals surface area contributed by atoms with Crippen LogP contribution in [0.5, 0.6) is 5.75 Å². The fourth-order valence-electron chi connectivity index (χ4n) is 2.78. The molecule has 0 aliphatic heterocycles. The van der Waals surface area contributed by atoms with Crippen molar-refractivity contribution in [3.63, 3.8) is 0 Å². The first-order valence-corrected chi connectivity index (χ1v) is 7.71. The lowest BCUT2D eigenvalue weighted by Gasteiger charge is -2.16. The van der Waals surface area contributed by atoms with Crippen molar-refractivity contribution in [3.8, 4) is 5.75 Å². The summed E-state index contributed by atoms with van der Waals surface area (Å²) >= 11 is 6.14. The van der Waals surface area contributed by atoms with Crippen LogP contribution in [0.3, 0.4) is 0 Å². The summed E-state index contributed by atoms with van der Waals surface area (Å²) in [5, 5.41) is 1.75. The van der Waals surface area contributed by atoms with Crippen LogP contribution in [0.1, 0.15) is 25.6 Å². The van der Waals surface area contributed by atoms with Crippen LogP contribution in [0.4, 0.5) is 5.69 Å². The highest BCUT2D eigenvalue weighted by Gasteiger charge is 2.14. The van der Waals surface area contributed by atoms with Gasteiger partial charge in [0, 0.05) is 11.4 Å². The first-order valence-electron chi connectivity index (χ1n) is 7.33. The molecule has 0 fully saturated rings. The molecule has 2 N–H and O–H groups in total. The van der Waals surface area contributed by atoms with Gasteiger partial charge in [0.2, 0.25) is 0 Å². The van der Waals surface area contributed by atoms with Gasteiger partial charge >= 0.3 is 0 Å². The lowest BCUT2D eigenvalue weighted by Crippen LogP contribution is -2.09. The van der Waals surface area contributed by atoms with E-state index in [9.17, 15) is 0 Å². The van der Waals surface area contributed by atoms with Crippen molar-refractivity contribution in [1.82, 2.24) is 4.57 Å². The van der Waals surface area contributed by atoms with Gasteiger partial charge in [-0.05, 0) is 38.1 Å². The molecule has 4 heteroatoms. The first kappa shape index (κ1) is 14.8. The number of hydrogen-bond donors (Lipinski definition) is 1. The number of rotatable bonds is 4. The van der Waals surface area contributed by atoms with Crippen molar-refractivity contribution >= 4 is 28.2 Å². The molecule has 1 aromatic heterocycles. The molecular weight excluding hydrogens is 296 g/mol. The average molecular weight is 315 g/mol. The average Bonchev–Trinajstić information content (AvgIpc) is 2.86. The Hall–Kier alpha value is -2.13. The Labute approximate surface area is 135 Å². The summed E-state index contributed by atoms with van der Waals surface area (Å²) in [6.45, 7) is 4.74. The van der Waals surface area contributed by atoms with Crippen LogP contribution in [-0.4, -0.2) is 4.57 Å². The molecule has 0 bridgehead atoms. The zero-order valence-corrected chi connectivity index (χ0v) is 13.5. The van der Waals surface area contributed by atoms with E-state index in [1.54, 1.807) is 0 Å². The highest BCUT2D eigenvalue weighted by Crippen LogP contribution is 2.30. The van der Waals surface area contributed by atoms with Crippen LogP contribution in [-0.2, 0) is 6.61 Å². The Morgan fingerprint density at radius 2 is 1.91 bits per heavy atom. The molecular formula is C18H19ClN2O. The van der Waals surface area contributed by atoms with E-state index >= 15 is 0 Å². The second-order valence-electron chi connectivity index (χ2n) is 5.60. The van der Waals surface area contributed by atoms with Gasteiger partial charge in [0.15, 0.2) is 0 Å². The fourth-order valence-corrected chi connectivity index (χ4v) is 2.97. The van der Waals surface area contributed by atoms with Gasteiger partial charge in [-0.25, -0.2) is 0 Å². The Balaban J connectivity index is 1.99. The van der Waals surface area contributed by atoms with Gasteiger partial charge in [-0.2, -0.15) is 0 Å². The Bertz CT molecular complexity index is 808. The predicted molar refractivity (Wildman–Crippen MR) is 92.5 cm³/mol. The number of para-hydroxylation sites is 2. The van der Waals surface area contributed by atoms with Crippen LogP contribution >= 0.6 is 11.6 Å². The third kappa shape index (κ3) is 2.64. The number of nitrogens with zero attached hydrogens (tertiary/aromatic N) is 1. The van der Waals surface area contributed by atoms with Crippen LogP contribution < -0.4 is 10.5 Å². The molecule has 3 nitrogen and oxygen atoms in total. The van der Waals surface area contributed by atoms with Gasteiger partial charge in [0.25, 0.3) is 0 Å². The number of aromatic nitrogens is 1. The van der Waals surface area contributed by atoms with Gasteiger partial charge in [-0.3, -0.25) is 0 Å². The maximum absolute atomic E-state index is 6.16. The van der Waals surface area contributed by atoms with E-state index in [0.717, 1.165) is 22.3 Å². The Morgan fingerprint density at radius 3 is 2.64 bits per heavy atom. The van der Waals surface area contributed by atoms with Crippen molar-refractivity contribution in [1.29, 1.82) is 0 Å². The molecule has 0 aliphatic carbocycles. The lowest BCUT2D eigenvalue weighted by molar-refractivity contribution is 0.293. The van der Waals surface area contributed by atoms with Gasteiger partial charge < -0.3 is 15.0 Å². The van der Waals surface area contributed by atoms with Gasteiger partial charge in [-0.1, -0.05) is 35.9 Å². The van der Waals surface area contributed by atoms with Crippen LogP contribution in [0, 0.1) is 0 Å². The molecule has 0 atom stereocenters. The number of anilines is 1. The molecule has 0 radical (unpaired) electrons. The summed E-state index contributed by atoms with van der Waals surface area (Å²) in [4.78, 5) is 0. The summed E-state index contributed by atoms with van der Waals surface area (Å²) in [6.07, 6.45) is 0. The monoisotopic (exact) mass is 314 g/mol. The highest BCUT2D eigenvalue weighted by atomic mass is 35.5. The molecule has 3 rings (SSSR count). The molecule has 114 valence electrons. The minimum Gasteiger partial charge on any atom is -0.486 e. The van der Waals surface area contributed by atoms with Crippen LogP contribution in [0.15, 0.2) is 48.5 Å². The van der Waals surface area contributed by atoms with E-state index in [0.29, 0.717) is 23.4 Å². The second kappa shape index (κ2) is 5.93. The van der Waals surface area contributed by atoms with Crippen molar-refractivity contribution in [3.05, 3.63) is 59.2 Å². The quantitative estimate of drug-likeness (QED) is 0.685. The number of hydrogen-bond acceptors (Lipinski definition) is 2. The van der Waals surface area contributed by atoms with E-state index in [4.69, 9.17) is 22.1 Å². The van der Waals surface area contributed by atoms with E-state index in [1.165, 1.54) is 0 Å². The maximum Gasteiger partial charge on any atom is 0.138 e. The molecule has 22 heavy (non-hydrogen) atoms. The SMILES string of the molecule is CC(C)n1c(COc2ccccc2Cl)cc2cccc(N)c21. The Kier molecular flexibility index (Phi) is 3.99. The minimum atomic E-state index is 0.298. The van der Waals surface area contributed by atoms with E-state index in [-0.39, 0.29) is 0 Å². The molecule has 0 saturated heterocycles. The number of benzene rings is 2. The largest absolute Gasteiger partial charge is 0.486 e. The molecule has 0 amide bonds. The van der Waals surface area contributed by atoms with Crippen LogP contribution in [0.2, 0.25) is 5.02 Å². The Morgan fingerprint density at radius 1 is 1.14 bits per heavy atom. The van der Waals surface area contributed by atoms with Crippen molar-refractivity contribution in [2.75, 3.05) is 5.73 Å². The molecule has 1 heterocycles. The summed E-state index contributed by atoms with van der Waals surface area (Å²) in [5.41, 5.74) is 9.09. The number of fused-ring (bicyclic) bond motifs is 1. The standard InChI is InChI=1S/C18H19ClN2O/c1-12(2)21-14(10-13-6-5-8-16(20)18(13)21)11-22-17-9-4-3-7-15(17)19/h3-10,12H,11,20H2,1-2H3. The number of halogens is 1. The lowest BCUT2D eigenvalue weighted by atomic mass is 10.2. The zero-order valence-electron chi connectivity index (χ0n) is 12.7. The van der Waals surface area contributed by atoms with E-state index < -0.39 is 0 Å². The van der Waals surface area contributed by atoms with E-state index in [2.05, 4.69) is 30.5 Å².